The van der Waals surface area contributed by atoms with Gasteiger partial charge in [0, 0.05) is 0 Å². The number of methoxy groups -OCH3 is 1. The highest BCUT2D eigenvalue weighted by Gasteiger charge is 2.25. The van der Waals surface area contributed by atoms with Crippen molar-refractivity contribution < 1.29 is 23.9 Å². The van der Waals surface area contributed by atoms with E-state index in [4.69, 9.17) is 4.74 Å². The van der Waals surface area contributed by atoms with Crippen molar-refractivity contribution in [3.05, 3.63) is 0 Å². The molecule has 0 aromatic heterocycles. The third kappa shape index (κ3) is 5.33. The Balaban J connectivity index is 4.25. The van der Waals surface area contributed by atoms with Crippen molar-refractivity contribution in [2.75, 3.05) is 7.11 Å². The molecular formula is C10H17NO5. The van der Waals surface area contributed by atoms with Crippen LogP contribution in [0.15, 0.2) is 0 Å². The van der Waals surface area contributed by atoms with Crippen LogP contribution in [0.2, 0.25) is 0 Å². The number of hydrogen-bond donors (Lipinski definition) is 1. The van der Waals surface area contributed by atoms with E-state index in [1.807, 2.05) is 0 Å². The molecule has 0 unspecified atom stereocenters. The number of Topliss-reactive ketones (excluding diaryl/α,β-unsaturated/α-hetero) is 1. The molecule has 0 aliphatic heterocycles. The van der Waals surface area contributed by atoms with E-state index in [1.165, 1.54) is 6.92 Å². The molecule has 6 heteroatoms. The number of alkyl carbamates (subject to hydrolysis) is 1. The summed E-state index contributed by atoms with van der Waals surface area (Å²) < 4.78 is 9.15. The lowest BCUT2D eigenvalue weighted by Gasteiger charge is -2.21. The summed E-state index contributed by atoms with van der Waals surface area (Å²) in [5.74, 6) is -1.82. The molecule has 0 bridgehead atoms. The third-order valence-electron chi connectivity index (χ3n) is 1.51. The van der Waals surface area contributed by atoms with Gasteiger partial charge in [-0.05, 0) is 27.7 Å². The first-order valence-electron chi connectivity index (χ1n) is 4.79. The fourth-order valence-corrected chi connectivity index (χ4v) is 0.827. The lowest BCUT2D eigenvalue weighted by molar-refractivity contribution is -0.152. The van der Waals surface area contributed by atoms with E-state index in [2.05, 4.69) is 10.1 Å². The van der Waals surface area contributed by atoms with Crippen LogP contribution >= 0.6 is 0 Å². The predicted molar refractivity (Wildman–Crippen MR) is 55.9 cm³/mol. The van der Waals surface area contributed by atoms with Crippen molar-refractivity contribution in [3.8, 4) is 0 Å². The topological polar surface area (TPSA) is 81.7 Å². The molecule has 6 nitrogen and oxygen atoms in total. The van der Waals surface area contributed by atoms with E-state index in [9.17, 15) is 14.4 Å². The van der Waals surface area contributed by atoms with E-state index in [1.54, 1.807) is 20.8 Å². The molecule has 0 aliphatic rings. The quantitative estimate of drug-likeness (QED) is 0.569. The number of amides is 1. The summed E-state index contributed by atoms with van der Waals surface area (Å²) in [5.41, 5.74) is -0.655. The Bertz CT molecular complexity index is 292. The molecule has 0 saturated carbocycles. The highest BCUT2D eigenvalue weighted by Crippen LogP contribution is 2.06. The van der Waals surface area contributed by atoms with Gasteiger partial charge in [-0.25, -0.2) is 9.59 Å². The van der Waals surface area contributed by atoms with Gasteiger partial charge in [0.25, 0.3) is 5.78 Å². The van der Waals surface area contributed by atoms with Gasteiger partial charge in [0.2, 0.25) is 0 Å². The molecule has 0 saturated heterocycles. The zero-order valence-electron chi connectivity index (χ0n) is 10.1. The van der Waals surface area contributed by atoms with Crippen molar-refractivity contribution >= 4 is 17.8 Å². The van der Waals surface area contributed by atoms with Crippen molar-refractivity contribution in [1.82, 2.24) is 5.32 Å². The Hall–Kier alpha value is -1.59. The molecule has 1 amide bonds. The smallest absolute Gasteiger partial charge is 0.408 e. The minimum atomic E-state index is -0.997. The average Bonchev–Trinajstić information content (AvgIpc) is 2.12. The maximum Gasteiger partial charge on any atom is 0.408 e. The van der Waals surface area contributed by atoms with Crippen molar-refractivity contribution in [1.29, 1.82) is 0 Å². The van der Waals surface area contributed by atoms with Crippen LogP contribution in [-0.2, 0) is 19.1 Å². The van der Waals surface area contributed by atoms with E-state index >= 15 is 0 Å². The molecule has 0 radical (unpaired) electrons. The monoisotopic (exact) mass is 231 g/mol. The minimum Gasteiger partial charge on any atom is -0.463 e. The Kier molecular flexibility index (Phi) is 4.94. The highest BCUT2D eigenvalue weighted by molar-refractivity contribution is 6.35. The molecule has 1 atom stereocenters. The summed E-state index contributed by atoms with van der Waals surface area (Å²) in [5, 5.41) is 2.24. The Morgan fingerprint density at radius 1 is 1.19 bits per heavy atom. The summed E-state index contributed by atoms with van der Waals surface area (Å²) in [7, 11) is 1.10. The number of ether oxygens (including phenoxy) is 2. The molecule has 0 spiro atoms. The first kappa shape index (κ1) is 14.4. The van der Waals surface area contributed by atoms with Crippen LogP contribution in [-0.4, -0.2) is 36.6 Å². The molecule has 0 aromatic carbocycles. The largest absolute Gasteiger partial charge is 0.463 e. The Morgan fingerprint density at radius 2 is 1.69 bits per heavy atom. The average molecular weight is 231 g/mol. The maximum absolute atomic E-state index is 11.2. The Morgan fingerprint density at radius 3 is 2.06 bits per heavy atom. The third-order valence-corrected chi connectivity index (χ3v) is 1.51. The van der Waals surface area contributed by atoms with Crippen LogP contribution in [0.3, 0.4) is 0 Å². The van der Waals surface area contributed by atoms with Gasteiger partial charge < -0.3 is 14.8 Å². The molecule has 0 aliphatic carbocycles. The molecular weight excluding hydrogens is 214 g/mol. The SMILES string of the molecule is COC(=O)C(=O)[C@H](C)NC(=O)OC(C)(C)C. The zero-order chi connectivity index (χ0) is 12.9. The van der Waals surface area contributed by atoms with E-state index in [0.29, 0.717) is 0 Å². The van der Waals surface area contributed by atoms with Crippen LogP contribution in [0, 0.1) is 0 Å². The van der Waals surface area contributed by atoms with Crippen LogP contribution in [0.4, 0.5) is 4.79 Å². The number of hydrogen-bond acceptors (Lipinski definition) is 5. The molecule has 0 fully saturated rings. The standard InChI is InChI=1S/C10H17NO5/c1-6(7(12)8(13)15-5)11-9(14)16-10(2,3)4/h6H,1-5H3,(H,11,14)/t6-/m0/s1. The second kappa shape index (κ2) is 5.48. The molecule has 1 N–H and O–H groups in total. The summed E-state index contributed by atoms with van der Waals surface area (Å²) >= 11 is 0. The van der Waals surface area contributed by atoms with Crippen LogP contribution < -0.4 is 5.32 Å². The number of ketones is 1. The van der Waals surface area contributed by atoms with Gasteiger partial charge in [-0.15, -0.1) is 0 Å². The highest BCUT2D eigenvalue weighted by atomic mass is 16.6. The van der Waals surface area contributed by atoms with E-state index < -0.39 is 29.5 Å². The number of carbonyl (C=O) groups is 3. The molecule has 0 aromatic rings. The fourth-order valence-electron chi connectivity index (χ4n) is 0.827. The second-order valence-electron chi connectivity index (χ2n) is 4.22. The summed E-state index contributed by atoms with van der Waals surface area (Å²) in [6.07, 6.45) is -0.753. The molecule has 16 heavy (non-hydrogen) atoms. The van der Waals surface area contributed by atoms with Gasteiger partial charge in [0.15, 0.2) is 0 Å². The fraction of sp³-hybridized carbons (Fsp3) is 0.700. The minimum absolute atomic E-state index is 0.655. The van der Waals surface area contributed by atoms with Crippen molar-refractivity contribution in [2.45, 2.75) is 39.3 Å². The molecule has 92 valence electrons. The summed E-state index contributed by atoms with van der Waals surface area (Å²) in [6.45, 7) is 6.46. The van der Waals surface area contributed by atoms with Crippen LogP contribution in [0.25, 0.3) is 0 Å². The lowest BCUT2D eigenvalue weighted by Crippen LogP contribution is -2.44. The number of esters is 1. The summed E-state index contributed by atoms with van der Waals surface area (Å²) in [4.78, 5) is 33.3. The van der Waals surface area contributed by atoms with E-state index in [0.717, 1.165) is 7.11 Å². The number of nitrogens with one attached hydrogen (secondary N) is 1. The molecule has 0 rings (SSSR count). The predicted octanol–water partition coefficient (Wildman–Crippen LogP) is 0.642. The van der Waals surface area contributed by atoms with Crippen molar-refractivity contribution in [2.24, 2.45) is 0 Å². The van der Waals surface area contributed by atoms with Gasteiger partial charge in [0.05, 0.1) is 13.2 Å². The molecule has 0 heterocycles. The zero-order valence-corrected chi connectivity index (χ0v) is 10.1. The summed E-state index contributed by atoms with van der Waals surface area (Å²) in [6, 6.07) is -0.970. The van der Waals surface area contributed by atoms with Crippen molar-refractivity contribution in [3.63, 3.8) is 0 Å². The number of rotatable bonds is 3. The first-order chi connectivity index (χ1) is 7.17. The van der Waals surface area contributed by atoms with Gasteiger partial charge in [0.1, 0.15) is 5.60 Å². The normalized spacial score (nSPS) is 12.6. The lowest BCUT2D eigenvalue weighted by atomic mass is 10.2. The first-order valence-corrected chi connectivity index (χ1v) is 4.79. The van der Waals surface area contributed by atoms with Gasteiger partial charge in [-0.1, -0.05) is 0 Å². The van der Waals surface area contributed by atoms with Gasteiger partial charge in [-0.3, -0.25) is 4.79 Å². The van der Waals surface area contributed by atoms with Gasteiger partial charge >= 0.3 is 12.1 Å². The number of carbonyl (C=O) groups excluding carboxylic acids is 3. The second-order valence-corrected chi connectivity index (χ2v) is 4.22. The van der Waals surface area contributed by atoms with E-state index in [-0.39, 0.29) is 0 Å². The Labute approximate surface area is 94.3 Å². The van der Waals surface area contributed by atoms with Gasteiger partial charge in [-0.2, -0.15) is 0 Å². The maximum atomic E-state index is 11.2. The van der Waals surface area contributed by atoms with Crippen LogP contribution in [0.5, 0.6) is 0 Å². The van der Waals surface area contributed by atoms with Crippen LogP contribution in [0.1, 0.15) is 27.7 Å².